The van der Waals surface area contributed by atoms with Crippen LogP contribution in [0.1, 0.15) is 31.6 Å². The van der Waals surface area contributed by atoms with Crippen LogP contribution in [0.25, 0.3) is 0 Å². The molecule has 2 aromatic rings. The minimum atomic E-state index is 0. The summed E-state index contributed by atoms with van der Waals surface area (Å²) in [6, 6.07) is 15.5. The molecule has 2 unspecified atom stereocenters. The van der Waals surface area contributed by atoms with Gasteiger partial charge in [0.15, 0.2) is 5.96 Å². The summed E-state index contributed by atoms with van der Waals surface area (Å²) < 4.78 is 5.36. The molecule has 1 aliphatic rings. The highest BCUT2D eigenvalue weighted by atomic mass is 127. The molecule has 5 nitrogen and oxygen atoms in total. The summed E-state index contributed by atoms with van der Waals surface area (Å²) in [5.41, 5.74) is 1.37. The van der Waals surface area contributed by atoms with Crippen LogP contribution in [0.2, 0.25) is 0 Å². The van der Waals surface area contributed by atoms with Crippen molar-refractivity contribution in [1.29, 1.82) is 0 Å². The largest absolute Gasteiger partial charge is 0.467 e. The molecule has 1 saturated heterocycles. The summed E-state index contributed by atoms with van der Waals surface area (Å²) in [5, 5.41) is 6.91. The van der Waals surface area contributed by atoms with Crippen LogP contribution in [0.3, 0.4) is 0 Å². The fraction of sp³-hybridized carbons (Fsp3) is 0.450. The Morgan fingerprint density at radius 3 is 2.73 bits per heavy atom. The smallest absolute Gasteiger partial charge is 0.191 e. The van der Waals surface area contributed by atoms with E-state index in [2.05, 4.69) is 64.7 Å². The van der Waals surface area contributed by atoms with Crippen LogP contribution >= 0.6 is 24.0 Å². The number of nitrogens with zero attached hydrogens (tertiary/aromatic N) is 2. The van der Waals surface area contributed by atoms with Crippen molar-refractivity contribution in [1.82, 2.24) is 15.5 Å². The number of aliphatic imine (C=N–C) groups is 1. The van der Waals surface area contributed by atoms with Crippen molar-refractivity contribution in [2.45, 2.75) is 45.4 Å². The molecule has 6 heteroatoms. The van der Waals surface area contributed by atoms with Gasteiger partial charge in [0.1, 0.15) is 12.3 Å². The second-order valence-electron chi connectivity index (χ2n) is 6.62. The Kier molecular flexibility index (Phi) is 8.44. The van der Waals surface area contributed by atoms with E-state index in [9.17, 15) is 0 Å². The first kappa shape index (κ1) is 20.8. The first-order valence-corrected chi connectivity index (χ1v) is 9.09. The standard InChI is InChI=1S/C20H28N4O.HI/c1-3-21-20(22-13-19-10-7-11-25-19)23-18-12-16(2)24(15-18)14-17-8-5-4-6-9-17;/h4-11,16,18H,3,12-15H2,1-2H3,(H2,21,22,23);1H. The van der Waals surface area contributed by atoms with E-state index in [-0.39, 0.29) is 24.0 Å². The normalized spacial score (nSPS) is 20.6. The molecule has 3 rings (SSSR count). The van der Waals surface area contributed by atoms with Crippen molar-refractivity contribution < 1.29 is 4.42 Å². The second kappa shape index (κ2) is 10.6. The third-order valence-corrected chi connectivity index (χ3v) is 4.59. The predicted octanol–water partition coefficient (Wildman–Crippen LogP) is 3.62. The average molecular weight is 468 g/mol. The number of likely N-dealkylation sites (tertiary alicyclic amines) is 1. The number of furan rings is 1. The number of rotatable bonds is 6. The summed E-state index contributed by atoms with van der Waals surface area (Å²) in [5.74, 6) is 1.74. The maximum absolute atomic E-state index is 5.36. The van der Waals surface area contributed by atoms with Crippen LogP contribution in [0.15, 0.2) is 58.1 Å². The number of guanidine groups is 1. The van der Waals surface area contributed by atoms with Gasteiger partial charge in [0.25, 0.3) is 0 Å². The fourth-order valence-corrected chi connectivity index (χ4v) is 3.31. The van der Waals surface area contributed by atoms with Crippen molar-refractivity contribution in [3.8, 4) is 0 Å². The number of hydrogen-bond acceptors (Lipinski definition) is 3. The summed E-state index contributed by atoms with van der Waals surface area (Å²) in [6.45, 7) is 7.82. The molecule has 26 heavy (non-hydrogen) atoms. The Morgan fingerprint density at radius 1 is 1.23 bits per heavy atom. The van der Waals surface area contributed by atoms with E-state index in [1.807, 2.05) is 12.1 Å². The number of nitrogens with one attached hydrogen (secondary N) is 2. The Hall–Kier alpha value is -1.54. The molecule has 1 aromatic carbocycles. The number of halogens is 1. The molecule has 1 aromatic heterocycles. The van der Waals surface area contributed by atoms with Gasteiger partial charge in [0, 0.05) is 31.7 Å². The first-order valence-electron chi connectivity index (χ1n) is 9.09. The van der Waals surface area contributed by atoms with E-state index < -0.39 is 0 Å². The quantitative estimate of drug-likeness (QED) is 0.387. The van der Waals surface area contributed by atoms with Crippen LogP contribution in [-0.2, 0) is 13.1 Å². The zero-order valence-electron chi connectivity index (χ0n) is 15.5. The molecular weight excluding hydrogens is 439 g/mol. The third-order valence-electron chi connectivity index (χ3n) is 4.59. The van der Waals surface area contributed by atoms with Crippen LogP contribution < -0.4 is 10.6 Å². The highest BCUT2D eigenvalue weighted by molar-refractivity contribution is 14.0. The lowest BCUT2D eigenvalue weighted by Gasteiger charge is -2.21. The molecule has 1 fully saturated rings. The molecule has 1 aliphatic heterocycles. The number of hydrogen-bond donors (Lipinski definition) is 2. The van der Waals surface area contributed by atoms with E-state index in [1.54, 1.807) is 6.26 Å². The van der Waals surface area contributed by atoms with Gasteiger partial charge in [-0.3, -0.25) is 4.90 Å². The Balaban J connectivity index is 0.00000243. The zero-order chi connectivity index (χ0) is 17.5. The summed E-state index contributed by atoms with van der Waals surface area (Å²) >= 11 is 0. The monoisotopic (exact) mass is 468 g/mol. The van der Waals surface area contributed by atoms with Gasteiger partial charge in [-0.05, 0) is 38.0 Å². The SMILES string of the molecule is CCNC(=NCc1ccco1)NC1CC(C)N(Cc2ccccc2)C1.I. The molecule has 0 saturated carbocycles. The Morgan fingerprint density at radius 2 is 2.04 bits per heavy atom. The zero-order valence-corrected chi connectivity index (χ0v) is 17.9. The predicted molar refractivity (Wildman–Crippen MR) is 117 cm³/mol. The maximum atomic E-state index is 5.36. The van der Waals surface area contributed by atoms with Crippen molar-refractivity contribution in [2.75, 3.05) is 13.1 Å². The van der Waals surface area contributed by atoms with Crippen LogP contribution in [0, 0.1) is 0 Å². The molecule has 0 amide bonds. The lowest BCUT2D eigenvalue weighted by atomic mass is 10.2. The molecule has 0 aliphatic carbocycles. The third kappa shape index (κ3) is 6.02. The summed E-state index contributed by atoms with van der Waals surface area (Å²) in [4.78, 5) is 7.17. The van der Waals surface area contributed by atoms with E-state index >= 15 is 0 Å². The van der Waals surface area contributed by atoms with Crippen LogP contribution in [0.5, 0.6) is 0 Å². The van der Waals surface area contributed by atoms with Crippen LogP contribution in [0.4, 0.5) is 0 Å². The van der Waals surface area contributed by atoms with Gasteiger partial charge in [-0.25, -0.2) is 4.99 Å². The average Bonchev–Trinajstić information content (AvgIpc) is 3.24. The van der Waals surface area contributed by atoms with Gasteiger partial charge < -0.3 is 15.1 Å². The molecule has 0 radical (unpaired) electrons. The summed E-state index contributed by atoms with van der Waals surface area (Å²) in [6.07, 6.45) is 2.81. The topological polar surface area (TPSA) is 52.8 Å². The van der Waals surface area contributed by atoms with E-state index in [0.717, 1.165) is 37.8 Å². The van der Waals surface area contributed by atoms with Gasteiger partial charge in [-0.15, -0.1) is 24.0 Å². The minimum absolute atomic E-state index is 0. The van der Waals surface area contributed by atoms with Crippen LogP contribution in [-0.4, -0.2) is 36.0 Å². The van der Waals surface area contributed by atoms with Gasteiger partial charge in [0.05, 0.1) is 6.26 Å². The van der Waals surface area contributed by atoms with E-state index in [1.165, 1.54) is 5.56 Å². The lowest BCUT2D eigenvalue weighted by Crippen LogP contribution is -2.44. The van der Waals surface area contributed by atoms with E-state index in [0.29, 0.717) is 18.6 Å². The molecular formula is C20H29IN4O. The van der Waals surface area contributed by atoms with Crippen molar-refractivity contribution in [2.24, 2.45) is 4.99 Å². The van der Waals surface area contributed by atoms with Gasteiger partial charge >= 0.3 is 0 Å². The van der Waals surface area contributed by atoms with Gasteiger partial charge in [-0.2, -0.15) is 0 Å². The number of benzene rings is 1. The molecule has 142 valence electrons. The maximum Gasteiger partial charge on any atom is 0.191 e. The van der Waals surface area contributed by atoms with Gasteiger partial charge in [-0.1, -0.05) is 30.3 Å². The highest BCUT2D eigenvalue weighted by Gasteiger charge is 2.29. The Labute approximate surface area is 173 Å². The Bertz CT molecular complexity index is 660. The first-order chi connectivity index (χ1) is 12.2. The molecule has 0 bridgehead atoms. The fourth-order valence-electron chi connectivity index (χ4n) is 3.31. The lowest BCUT2D eigenvalue weighted by molar-refractivity contribution is 0.258. The van der Waals surface area contributed by atoms with Gasteiger partial charge in [0.2, 0.25) is 0 Å². The van der Waals surface area contributed by atoms with E-state index in [4.69, 9.17) is 4.42 Å². The second-order valence-corrected chi connectivity index (χ2v) is 6.62. The molecule has 2 heterocycles. The summed E-state index contributed by atoms with van der Waals surface area (Å²) in [7, 11) is 0. The minimum Gasteiger partial charge on any atom is -0.467 e. The highest BCUT2D eigenvalue weighted by Crippen LogP contribution is 2.20. The van der Waals surface area contributed by atoms with Crippen molar-refractivity contribution in [3.63, 3.8) is 0 Å². The molecule has 0 spiro atoms. The van der Waals surface area contributed by atoms with Crippen molar-refractivity contribution in [3.05, 3.63) is 60.1 Å². The van der Waals surface area contributed by atoms with Crippen molar-refractivity contribution >= 4 is 29.9 Å². The molecule has 2 N–H and O–H groups in total. The molecule has 2 atom stereocenters.